The minimum absolute atomic E-state index is 0.105. The molecule has 0 atom stereocenters. The van der Waals surface area contributed by atoms with E-state index >= 15 is 0 Å². The average Bonchev–Trinajstić information content (AvgIpc) is 2.95. The summed E-state index contributed by atoms with van der Waals surface area (Å²) in [5, 5.41) is 0. The topological polar surface area (TPSA) is 18.5 Å². The van der Waals surface area contributed by atoms with E-state index in [1.54, 1.807) is 14.2 Å². The quantitative estimate of drug-likeness (QED) is 0.138. The SMILES string of the molecule is COC(C)(C)C/C=C/C(C)=C/C=C/C(C)=C/C=C/C(C)=C/C=C\C=C(C)\C=C\C=C(/C)CC/C=C(C)/C=C/CC(C)(C)OC. The maximum absolute atomic E-state index is 5.47. The zero-order valence-electron chi connectivity index (χ0n) is 30.0. The molecule has 0 aromatic heterocycles. The van der Waals surface area contributed by atoms with Crippen molar-refractivity contribution in [1.82, 2.24) is 0 Å². The molecule has 0 bridgehead atoms. The van der Waals surface area contributed by atoms with E-state index < -0.39 is 0 Å². The van der Waals surface area contributed by atoms with Gasteiger partial charge in [-0.15, -0.1) is 0 Å². The largest absolute Gasteiger partial charge is 0.378 e. The van der Waals surface area contributed by atoms with E-state index in [0.717, 1.165) is 25.7 Å². The molecule has 0 fully saturated rings. The summed E-state index contributed by atoms with van der Waals surface area (Å²) in [6, 6.07) is 0. The van der Waals surface area contributed by atoms with Crippen LogP contribution >= 0.6 is 0 Å². The molecule has 0 heterocycles. The molecular weight excluding hydrogens is 536 g/mol. The average molecular weight is 599 g/mol. The second kappa shape index (κ2) is 23.2. The van der Waals surface area contributed by atoms with Crippen LogP contribution in [0.25, 0.3) is 0 Å². The van der Waals surface area contributed by atoms with E-state index in [4.69, 9.17) is 9.47 Å². The third kappa shape index (κ3) is 24.3. The van der Waals surface area contributed by atoms with Crippen LogP contribution in [-0.2, 0) is 9.47 Å². The lowest BCUT2D eigenvalue weighted by Gasteiger charge is -2.20. The zero-order valence-corrected chi connectivity index (χ0v) is 30.0. The Morgan fingerprint density at radius 3 is 1.27 bits per heavy atom. The predicted molar refractivity (Wildman–Crippen MR) is 198 cm³/mol. The first kappa shape index (κ1) is 40.8. The van der Waals surface area contributed by atoms with Crippen molar-refractivity contribution in [3.63, 3.8) is 0 Å². The van der Waals surface area contributed by atoms with Crippen molar-refractivity contribution in [1.29, 1.82) is 0 Å². The van der Waals surface area contributed by atoms with E-state index in [9.17, 15) is 0 Å². The first-order valence-electron chi connectivity index (χ1n) is 15.9. The van der Waals surface area contributed by atoms with Crippen molar-refractivity contribution >= 4 is 0 Å². The van der Waals surface area contributed by atoms with Gasteiger partial charge in [0.1, 0.15) is 0 Å². The molecular formula is C42H62O2. The van der Waals surface area contributed by atoms with Crippen LogP contribution in [0.4, 0.5) is 0 Å². The summed E-state index contributed by atoms with van der Waals surface area (Å²) in [5.41, 5.74) is 7.29. The molecule has 44 heavy (non-hydrogen) atoms. The van der Waals surface area contributed by atoms with Gasteiger partial charge in [0, 0.05) is 14.2 Å². The molecule has 0 aromatic rings. The van der Waals surface area contributed by atoms with Crippen LogP contribution in [0, 0.1) is 0 Å². The highest BCUT2D eigenvalue weighted by Gasteiger charge is 2.13. The molecule has 0 aliphatic carbocycles. The van der Waals surface area contributed by atoms with Crippen LogP contribution in [0.5, 0.6) is 0 Å². The number of hydrogen-bond donors (Lipinski definition) is 0. The smallest absolute Gasteiger partial charge is 0.0657 e. The van der Waals surface area contributed by atoms with Crippen LogP contribution in [0.2, 0.25) is 0 Å². The zero-order chi connectivity index (χ0) is 33.4. The molecule has 0 amide bonds. The van der Waals surface area contributed by atoms with Crippen LogP contribution in [0.1, 0.15) is 94.9 Å². The van der Waals surface area contributed by atoms with Crippen molar-refractivity contribution in [2.24, 2.45) is 0 Å². The molecule has 0 unspecified atom stereocenters. The third-order valence-electron chi connectivity index (χ3n) is 7.10. The van der Waals surface area contributed by atoms with Gasteiger partial charge in [0.25, 0.3) is 0 Å². The molecule has 0 aliphatic rings. The molecule has 0 aliphatic heterocycles. The number of allylic oxidation sites excluding steroid dienone is 22. The van der Waals surface area contributed by atoms with Gasteiger partial charge in [-0.2, -0.15) is 0 Å². The molecule has 0 saturated carbocycles. The van der Waals surface area contributed by atoms with Gasteiger partial charge in [-0.05, 0) is 94.9 Å². The second-order valence-electron chi connectivity index (χ2n) is 12.7. The first-order valence-corrected chi connectivity index (χ1v) is 15.9. The van der Waals surface area contributed by atoms with E-state index in [1.807, 2.05) is 0 Å². The standard InChI is InChI=1S/C42H62O2/c1-35(23-15-25-37(3)27-17-29-39(5)31-19-33-41(7,8)43-11)21-13-14-22-36(2)24-16-26-38(4)28-18-30-40(6)32-20-34-42(9,10)44-12/h13-17,19-27,29-32H,18,28,33-34H2,1-12H3/b14-13-,23-15+,24-16+,27-17+,31-19+,32-20+,35-21+,36-22+,37-25+,38-26+,39-29+,40-30+. The van der Waals surface area contributed by atoms with Gasteiger partial charge >= 0.3 is 0 Å². The Morgan fingerprint density at radius 2 is 0.841 bits per heavy atom. The van der Waals surface area contributed by atoms with E-state index in [0.29, 0.717) is 0 Å². The highest BCUT2D eigenvalue weighted by molar-refractivity contribution is 5.32. The maximum Gasteiger partial charge on any atom is 0.0657 e. The van der Waals surface area contributed by atoms with Crippen LogP contribution in [0.15, 0.2) is 143 Å². The third-order valence-corrected chi connectivity index (χ3v) is 7.10. The normalized spacial score (nSPS) is 16.1. The van der Waals surface area contributed by atoms with Gasteiger partial charge in [-0.1, -0.05) is 143 Å². The van der Waals surface area contributed by atoms with E-state index in [-0.39, 0.29) is 11.2 Å². The van der Waals surface area contributed by atoms with Gasteiger partial charge < -0.3 is 9.47 Å². The summed E-state index contributed by atoms with van der Waals surface area (Å²) >= 11 is 0. The van der Waals surface area contributed by atoms with Gasteiger partial charge in [0.05, 0.1) is 11.2 Å². The fourth-order valence-corrected chi connectivity index (χ4v) is 3.61. The van der Waals surface area contributed by atoms with Gasteiger partial charge in [0.15, 0.2) is 0 Å². The molecule has 0 spiro atoms. The van der Waals surface area contributed by atoms with Crippen LogP contribution in [-0.4, -0.2) is 25.4 Å². The van der Waals surface area contributed by atoms with E-state index in [1.165, 1.54) is 33.4 Å². The van der Waals surface area contributed by atoms with E-state index in [2.05, 4.69) is 179 Å². The van der Waals surface area contributed by atoms with Gasteiger partial charge in [-0.3, -0.25) is 0 Å². The Balaban J connectivity index is 4.70. The molecule has 0 N–H and O–H groups in total. The fraction of sp³-hybridized carbons (Fsp3) is 0.429. The number of ether oxygens (including phenoxy) is 2. The summed E-state index contributed by atoms with van der Waals surface area (Å²) in [7, 11) is 3.52. The second-order valence-corrected chi connectivity index (χ2v) is 12.7. The number of methoxy groups -OCH3 is 2. The Bertz CT molecular complexity index is 1210. The lowest BCUT2D eigenvalue weighted by molar-refractivity contribution is 0.0252. The lowest BCUT2D eigenvalue weighted by Crippen LogP contribution is -2.20. The predicted octanol–water partition coefficient (Wildman–Crippen LogP) is 12.4. The van der Waals surface area contributed by atoms with Gasteiger partial charge in [-0.25, -0.2) is 0 Å². The summed E-state index contributed by atoms with van der Waals surface area (Å²) in [5.74, 6) is 0. The molecule has 0 radical (unpaired) electrons. The van der Waals surface area contributed by atoms with Crippen molar-refractivity contribution in [3.8, 4) is 0 Å². The molecule has 0 rings (SSSR count). The molecule has 0 saturated heterocycles. The van der Waals surface area contributed by atoms with Crippen LogP contribution < -0.4 is 0 Å². The molecule has 242 valence electrons. The highest BCUT2D eigenvalue weighted by Crippen LogP contribution is 2.15. The Morgan fingerprint density at radius 1 is 0.477 bits per heavy atom. The molecule has 0 aromatic carbocycles. The summed E-state index contributed by atoms with van der Waals surface area (Å²) in [4.78, 5) is 0. The maximum atomic E-state index is 5.47. The van der Waals surface area contributed by atoms with Crippen molar-refractivity contribution in [2.75, 3.05) is 14.2 Å². The Hall–Kier alpha value is -3.20. The summed E-state index contributed by atoms with van der Waals surface area (Å²) in [6.07, 6.45) is 42.6. The highest BCUT2D eigenvalue weighted by atomic mass is 16.5. The van der Waals surface area contributed by atoms with Crippen molar-refractivity contribution in [2.45, 2.75) is 106 Å². The minimum atomic E-state index is -0.121. The van der Waals surface area contributed by atoms with Crippen molar-refractivity contribution in [3.05, 3.63) is 143 Å². The monoisotopic (exact) mass is 598 g/mol. The minimum Gasteiger partial charge on any atom is -0.378 e. The number of hydrogen-bond acceptors (Lipinski definition) is 2. The summed E-state index contributed by atoms with van der Waals surface area (Å²) in [6.45, 7) is 21.2. The fourth-order valence-electron chi connectivity index (χ4n) is 3.61. The lowest BCUT2D eigenvalue weighted by atomic mass is 10.0. The Labute approximate surface area is 272 Å². The van der Waals surface area contributed by atoms with Gasteiger partial charge in [0.2, 0.25) is 0 Å². The van der Waals surface area contributed by atoms with Crippen LogP contribution in [0.3, 0.4) is 0 Å². The Kier molecular flexibility index (Phi) is 21.5. The summed E-state index contributed by atoms with van der Waals surface area (Å²) < 4.78 is 10.9. The molecule has 2 nitrogen and oxygen atoms in total. The van der Waals surface area contributed by atoms with Crippen molar-refractivity contribution < 1.29 is 9.47 Å². The molecule has 2 heteroatoms. The number of rotatable bonds is 19. The first-order chi connectivity index (χ1) is 20.7.